The highest BCUT2D eigenvalue weighted by Gasteiger charge is 2.21. The molecular weight excluding hydrogens is 269 g/mol. The minimum atomic E-state index is -0.284. The smallest absolute Gasteiger partial charge is 0.141 e. The quantitative estimate of drug-likeness (QED) is 0.799. The molecule has 0 saturated carbocycles. The first kappa shape index (κ1) is 16.3. The zero-order chi connectivity index (χ0) is 15.1. The van der Waals surface area contributed by atoms with Crippen LogP contribution in [0.3, 0.4) is 0 Å². The van der Waals surface area contributed by atoms with Crippen molar-refractivity contribution in [2.75, 3.05) is 33.4 Å². The fourth-order valence-electron chi connectivity index (χ4n) is 2.65. The summed E-state index contributed by atoms with van der Waals surface area (Å²) >= 11 is 0. The molecule has 0 aliphatic carbocycles. The van der Waals surface area contributed by atoms with E-state index in [4.69, 9.17) is 4.74 Å². The SMILES string of the molecule is CCCNC(CCN(C)C1CCOC1)c1ccc(F)cn1. The van der Waals surface area contributed by atoms with E-state index in [-0.39, 0.29) is 11.9 Å². The molecule has 1 aliphatic rings. The number of aromatic nitrogens is 1. The van der Waals surface area contributed by atoms with Gasteiger partial charge in [0.25, 0.3) is 0 Å². The molecule has 4 nitrogen and oxygen atoms in total. The Bertz CT molecular complexity index is 406. The maximum Gasteiger partial charge on any atom is 0.141 e. The molecule has 1 fully saturated rings. The van der Waals surface area contributed by atoms with Crippen LogP contribution in [0.25, 0.3) is 0 Å². The fraction of sp³-hybridized carbons (Fsp3) is 0.688. The molecule has 118 valence electrons. The molecule has 1 aliphatic heterocycles. The Kier molecular flexibility index (Phi) is 6.54. The lowest BCUT2D eigenvalue weighted by Gasteiger charge is -2.26. The van der Waals surface area contributed by atoms with E-state index < -0.39 is 0 Å². The number of pyridine rings is 1. The van der Waals surface area contributed by atoms with Crippen LogP contribution >= 0.6 is 0 Å². The largest absolute Gasteiger partial charge is 0.380 e. The van der Waals surface area contributed by atoms with Crippen LogP contribution in [0.1, 0.15) is 37.9 Å². The summed E-state index contributed by atoms with van der Waals surface area (Å²) in [5, 5.41) is 3.51. The van der Waals surface area contributed by atoms with Gasteiger partial charge in [-0.25, -0.2) is 4.39 Å². The highest BCUT2D eigenvalue weighted by atomic mass is 19.1. The maximum atomic E-state index is 13.0. The summed E-state index contributed by atoms with van der Waals surface area (Å²) in [4.78, 5) is 6.58. The van der Waals surface area contributed by atoms with Crippen molar-refractivity contribution in [3.8, 4) is 0 Å². The number of hydrogen-bond donors (Lipinski definition) is 1. The molecule has 0 aromatic carbocycles. The average Bonchev–Trinajstić information content (AvgIpc) is 3.03. The summed E-state index contributed by atoms with van der Waals surface area (Å²) in [5.41, 5.74) is 0.918. The first-order valence-electron chi connectivity index (χ1n) is 7.83. The molecule has 1 aromatic rings. The van der Waals surface area contributed by atoms with E-state index in [0.717, 1.165) is 51.3 Å². The van der Waals surface area contributed by atoms with Gasteiger partial charge >= 0.3 is 0 Å². The van der Waals surface area contributed by atoms with E-state index in [1.165, 1.54) is 12.3 Å². The van der Waals surface area contributed by atoms with E-state index in [1.54, 1.807) is 6.07 Å². The van der Waals surface area contributed by atoms with Crippen LogP contribution in [-0.2, 0) is 4.74 Å². The van der Waals surface area contributed by atoms with Crippen LogP contribution in [0.2, 0.25) is 0 Å². The standard InChI is InChI=1S/C16H26FN3O/c1-3-8-18-16(15-5-4-13(17)11-19-15)6-9-20(2)14-7-10-21-12-14/h4-5,11,14,16,18H,3,6-10,12H2,1-2H3. The molecule has 1 aromatic heterocycles. The predicted octanol–water partition coefficient (Wildman–Crippen LogP) is 2.37. The second-order valence-corrected chi connectivity index (χ2v) is 5.69. The van der Waals surface area contributed by atoms with Gasteiger partial charge in [0, 0.05) is 19.2 Å². The second-order valence-electron chi connectivity index (χ2n) is 5.69. The van der Waals surface area contributed by atoms with E-state index in [9.17, 15) is 4.39 Å². The minimum Gasteiger partial charge on any atom is -0.380 e. The normalized spacial score (nSPS) is 20.1. The number of nitrogens with zero attached hydrogens (tertiary/aromatic N) is 2. The number of rotatable bonds is 8. The molecular formula is C16H26FN3O. The lowest BCUT2D eigenvalue weighted by atomic mass is 10.1. The monoisotopic (exact) mass is 295 g/mol. The average molecular weight is 295 g/mol. The summed E-state index contributed by atoms with van der Waals surface area (Å²) < 4.78 is 18.5. The van der Waals surface area contributed by atoms with Gasteiger partial charge in [0.2, 0.25) is 0 Å². The van der Waals surface area contributed by atoms with E-state index >= 15 is 0 Å². The van der Waals surface area contributed by atoms with Gasteiger partial charge in [-0.15, -0.1) is 0 Å². The molecule has 2 unspecified atom stereocenters. The van der Waals surface area contributed by atoms with Gasteiger partial charge in [-0.1, -0.05) is 6.92 Å². The zero-order valence-corrected chi connectivity index (χ0v) is 13.0. The van der Waals surface area contributed by atoms with Crippen LogP contribution < -0.4 is 5.32 Å². The van der Waals surface area contributed by atoms with Crippen LogP contribution in [-0.4, -0.2) is 49.3 Å². The highest BCUT2D eigenvalue weighted by molar-refractivity contribution is 5.10. The Morgan fingerprint density at radius 1 is 1.52 bits per heavy atom. The first-order chi connectivity index (χ1) is 10.2. The molecule has 0 amide bonds. The Labute approximate surface area is 126 Å². The number of hydrogen-bond acceptors (Lipinski definition) is 4. The zero-order valence-electron chi connectivity index (χ0n) is 13.0. The van der Waals surface area contributed by atoms with Crippen molar-refractivity contribution in [2.45, 2.75) is 38.3 Å². The number of nitrogens with one attached hydrogen (secondary N) is 1. The summed E-state index contributed by atoms with van der Waals surface area (Å²) in [7, 11) is 2.15. The second kappa shape index (κ2) is 8.41. The van der Waals surface area contributed by atoms with Gasteiger partial charge < -0.3 is 15.0 Å². The van der Waals surface area contributed by atoms with Gasteiger partial charge in [0.05, 0.1) is 24.5 Å². The van der Waals surface area contributed by atoms with Gasteiger partial charge in [-0.2, -0.15) is 0 Å². The Morgan fingerprint density at radius 3 is 3.00 bits per heavy atom. The van der Waals surface area contributed by atoms with E-state index in [0.29, 0.717) is 6.04 Å². The molecule has 0 spiro atoms. The minimum absolute atomic E-state index is 0.176. The summed E-state index contributed by atoms with van der Waals surface area (Å²) in [5.74, 6) is -0.284. The number of halogens is 1. The number of likely N-dealkylation sites (N-methyl/N-ethyl adjacent to an activating group) is 1. The van der Waals surface area contributed by atoms with Crippen molar-refractivity contribution in [1.29, 1.82) is 0 Å². The Balaban J connectivity index is 1.90. The van der Waals surface area contributed by atoms with Crippen LogP contribution in [0.5, 0.6) is 0 Å². The molecule has 0 bridgehead atoms. The van der Waals surface area contributed by atoms with Crippen LogP contribution in [0, 0.1) is 5.82 Å². The predicted molar refractivity (Wildman–Crippen MR) is 81.7 cm³/mol. The van der Waals surface area contributed by atoms with Gasteiger partial charge in [0.1, 0.15) is 5.82 Å². The topological polar surface area (TPSA) is 37.4 Å². The molecule has 1 saturated heterocycles. The maximum absolute atomic E-state index is 13.0. The van der Waals surface area contributed by atoms with Crippen molar-refractivity contribution >= 4 is 0 Å². The van der Waals surface area contributed by atoms with Gasteiger partial charge in [-0.05, 0) is 45.0 Å². The first-order valence-corrected chi connectivity index (χ1v) is 7.83. The van der Waals surface area contributed by atoms with Crippen molar-refractivity contribution in [3.05, 3.63) is 29.8 Å². The van der Waals surface area contributed by atoms with Crippen molar-refractivity contribution in [3.63, 3.8) is 0 Å². The van der Waals surface area contributed by atoms with E-state index in [2.05, 4.69) is 29.2 Å². The van der Waals surface area contributed by atoms with E-state index in [1.807, 2.05) is 0 Å². The van der Waals surface area contributed by atoms with Crippen molar-refractivity contribution < 1.29 is 9.13 Å². The summed E-state index contributed by atoms with van der Waals surface area (Å²) in [6.45, 7) is 5.77. The highest BCUT2D eigenvalue weighted by Crippen LogP contribution is 2.17. The van der Waals surface area contributed by atoms with Crippen molar-refractivity contribution in [2.24, 2.45) is 0 Å². The third-order valence-corrected chi connectivity index (χ3v) is 4.05. The third kappa shape index (κ3) is 5.02. The summed E-state index contributed by atoms with van der Waals surface area (Å²) in [6, 6.07) is 3.96. The molecule has 5 heteroatoms. The third-order valence-electron chi connectivity index (χ3n) is 4.05. The molecule has 21 heavy (non-hydrogen) atoms. The van der Waals surface area contributed by atoms with Gasteiger partial charge in [0.15, 0.2) is 0 Å². The Hall–Kier alpha value is -1.04. The Morgan fingerprint density at radius 2 is 2.38 bits per heavy atom. The molecule has 0 radical (unpaired) electrons. The lowest BCUT2D eigenvalue weighted by molar-refractivity contribution is 0.156. The molecule has 2 atom stereocenters. The molecule has 2 heterocycles. The van der Waals surface area contributed by atoms with Crippen LogP contribution in [0.4, 0.5) is 4.39 Å². The molecule has 2 rings (SSSR count). The van der Waals surface area contributed by atoms with Crippen LogP contribution in [0.15, 0.2) is 18.3 Å². The summed E-state index contributed by atoms with van der Waals surface area (Å²) in [6.07, 6.45) is 4.44. The molecule has 1 N–H and O–H groups in total. The van der Waals surface area contributed by atoms with Crippen molar-refractivity contribution in [1.82, 2.24) is 15.2 Å². The lowest BCUT2D eigenvalue weighted by Crippen LogP contribution is -2.35. The number of ether oxygens (including phenoxy) is 1. The fourth-order valence-corrected chi connectivity index (χ4v) is 2.65. The van der Waals surface area contributed by atoms with Gasteiger partial charge in [-0.3, -0.25) is 4.98 Å².